The molecular weight excluding hydrogens is 212 g/mol. The summed E-state index contributed by atoms with van der Waals surface area (Å²) in [5.41, 5.74) is 1.05. The molecule has 0 saturated carbocycles. The van der Waals surface area contributed by atoms with E-state index in [4.69, 9.17) is 0 Å². The molecule has 1 aromatic heterocycles. The molecule has 1 N–H and O–H groups in total. The van der Waals surface area contributed by atoms with Crippen LogP contribution in [0.2, 0.25) is 0 Å². The van der Waals surface area contributed by atoms with E-state index in [1.165, 1.54) is 19.3 Å². The minimum Gasteiger partial charge on any atom is -0.357 e. The van der Waals surface area contributed by atoms with Crippen molar-refractivity contribution in [2.75, 3.05) is 25.0 Å². The molecule has 0 aliphatic carbocycles. The molecule has 4 heteroatoms. The third-order valence-electron chi connectivity index (χ3n) is 3.41. The zero-order valence-electron chi connectivity index (χ0n) is 11.0. The molecule has 1 fully saturated rings. The van der Waals surface area contributed by atoms with Crippen LogP contribution < -0.4 is 10.2 Å². The molecule has 2 heterocycles. The molecule has 1 saturated heterocycles. The number of aromatic nitrogens is 2. The Kier molecular flexibility index (Phi) is 3.94. The Morgan fingerprint density at radius 1 is 1.24 bits per heavy atom. The average Bonchev–Trinajstić information content (AvgIpc) is 2.55. The van der Waals surface area contributed by atoms with Crippen molar-refractivity contribution in [2.45, 2.75) is 39.2 Å². The van der Waals surface area contributed by atoms with Crippen molar-refractivity contribution in [1.29, 1.82) is 0 Å². The van der Waals surface area contributed by atoms with Crippen LogP contribution in [0.25, 0.3) is 0 Å². The number of nitrogens with one attached hydrogen (secondary N) is 1. The van der Waals surface area contributed by atoms with Gasteiger partial charge in [-0.25, -0.2) is 9.97 Å². The Balaban J connectivity index is 2.14. The fraction of sp³-hybridized carbons (Fsp3) is 0.692. The van der Waals surface area contributed by atoms with Crippen LogP contribution in [0.4, 0.5) is 5.82 Å². The minimum atomic E-state index is 0.596. The maximum Gasteiger partial charge on any atom is 0.132 e. The molecule has 1 atom stereocenters. The maximum absolute atomic E-state index is 4.53. The monoisotopic (exact) mass is 234 g/mol. The summed E-state index contributed by atoms with van der Waals surface area (Å²) in [6.45, 7) is 6.24. The standard InChI is InChI=1S/C13H22N4/c1-10-9-13(16-11(2)15-10)17(3)12-5-4-7-14-8-6-12/h9,12,14H,4-8H2,1-3H3. The van der Waals surface area contributed by atoms with Gasteiger partial charge in [-0.2, -0.15) is 0 Å². The highest BCUT2D eigenvalue weighted by Gasteiger charge is 2.18. The molecular formula is C13H22N4. The van der Waals surface area contributed by atoms with Gasteiger partial charge in [0.2, 0.25) is 0 Å². The molecule has 0 spiro atoms. The number of hydrogen-bond acceptors (Lipinski definition) is 4. The largest absolute Gasteiger partial charge is 0.357 e. The average molecular weight is 234 g/mol. The van der Waals surface area contributed by atoms with Gasteiger partial charge in [0, 0.05) is 24.8 Å². The van der Waals surface area contributed by atoms with Gasteiger partial charge < -0.3 is 10.2 Å². The van der Waals surface area contributed by atoms with Gasteiger partial charge in [0.25, 0.3) is 0 Å². The second-order valence-corrected chi connectivity index (χ2v) is 4.86. The highest BCUT2D eigenvalue weighted by Crippen LogP contribution is 2.19. The molecule has 17 heavy (non-hydrogen) atoms. The maximum atomic E-state index is 4.53. The first-order valence-corrected chi connectivity index (χ1v) is 6.42. The third kappa shape index (κ3) is 3.16. The Labute approximate surface area is 103 Å². The van der Waals surface area contributed by atoms with Gasteiger partial charge in [-0.3, -0.25) is 0 Å². The van der Waals surface area contributed by atoms with Crippen LogP contribution in [0.3, 0.4) is 0 Å². The van der Waals surface area contributed by atoms with E-state index in [0.29, 0.717) is 6.04 Å². The Hall–Kier alpha value is -1.16. The molecule has 1 aliphatic rings. The fourth-order valence-electron chi connectivity index (χ4n) is 2.45. The summed E-state index contributed by atoms with van der Waals surface area (Å²) >= 11 is 0. The summed E-state index contributed by atoms with van der Waals surface area (Å²) in [7, 11) is 2.15. The van der Waals surface area contributed by atoms with Gasteiger partial charge in [-0.1, -0.05) is 0 Å². The first-order valence-electron chi connectivity index (χ1n) is 6.42. The van der Waals surface area contributed by atoms with Crippen LogP contribution in [-0.4, -0.2) is 36.1 Å². The minimum absolute atomic E-state index is 0.596. The van der Waals surface area contributed by atoms with Crippen molar-refractivity contribution >= 4 is 5.82 Å². The normalized spacial score (nSPS) is 21.0. The van der Waals surface area contributed by atoms with E-state index in [0.717, 1.165) is 30.4 Å². The number of rotatable bonds is 2. The fourth-order valence-corrected chi connectivity index (χ4v) is 2.45. The molecule has 0 amide bonds. The lowest BCUT2D eigenvalue weighted by molar-refractivity contribution is 0.561. The second-order valence-electron chi connectivity index (χ2n) is 4.86. The van der Waals surface area contributed by atoms with Crippen molar-refractivity contribution in [3.05, 3.63) is 17.6 Å². The lowest BCUT2D eigenvalue weighted by atomic mass is 10.1. The van der Waals surface area contributed by atoms with E-state index in [9.17, 15) is 0 Å². The van der Waals surface area contributed by atoms with Crippen molar-refractivity contribution in [2.24, 2.45) is 0 Å². The van der Waals surface area contributed by atoms with Gasteiger partial charge in [-0.15, -0.1) is 0 Å². The second kappa shape index (κ2) is 5.45. The van der Waals surface area contributed by atoms with E-state index < -0.39 is 0 Å². The van der Waals surface area contributed by atoms with Crippen LogP contribution in [0.15, 0.2) is 6.07 Å². The third-order valence-corrected chi connectivity index (χ3v) is 3.41. The van der Waals surface area contributed by atoms with Gasteiger partial charge in [0.15, 0.2) is 0 Å². The number of nitrogens with zero attached hydrogens (tertiary/aromatic N) is 3. The molecule has 2 rings (SSSR count). The first kappa shape index (κ1) is 12.3. The number of hydrogen-bond donors (Lipinski definition) is 1. The first-order chi connectivity index (χ1) is 8.16. The van der Waals surface area contributed by atoms with E-state index in [1.807, 2.05) is 13.8 Å². The van der Waals surface area contributed by atoms with Crippen LogP contribution in [0.5, 0.6) is 0 Å². The van der Waals surface area contributed by atoms with Crippen LogP contribution in [0, 0.1) is 13.8 Å². The molecule has 1 unspecified atom stereocenters. The molecule has 0 radical (unpaired) electrons. The molecule has 94 valence electrons. The Morgan fingerprint density at radius 3 is 2.82 bits per heavy atom. The summed E-state index contributed by atoms with van der Waals surface area (Å²) in [6.07, 6.45) is 3.68. The van der Waals surface area contributed by atoms with Crippen molar-refractivity contribution in [3.63, 3.8) is 0 Å². The van der Waals surface area contributed by atoms with E-state index in [1.54, 1.807) is 0 Å². The predicted molar refractivity (Wildman–Crippen MR) is 70.4 cm³/mol. The summed E-state index contributed by atoms with van der Waals surface area (Å²) in [5, 5.41) is 3.45. The van der Waals surface area contributed by atoms with Crippen LogP contribution in [-0.2, 0) is 0 Å². The van der Waals surface area contributed by atoms with Crippen molar-refractivity contribution < 1.29 is 0 Å². The smallest absolute Gasteiger partial charge is 0.132 e. The molecule has 1 aliphatic heterocycles. The van der Waals surface area contributed by atoms with Gasteiger partial charge in [0.1, 0.15) is 11.6 Å². The molecule has 0 aromatic carbocycles. The van der Waals surface area contributed by atoms with Crippen LogP contribution in [0.1, 0.15) is 30.8 Å². The SMILES string of the molecule is Cc1cc(N(C)C2CCCNCC2)nc(C)n1. The lowest BCUT2D eigenvalue weighted by Crippen LogP contribution is -2.33. The van der Waals surface area contributed by atoms with Crippen molar-refractivity contribution in [3.8, 4) is 0 Å². The highest BCUT2D eigenvalue weighted by molar-refractivity contribution is 5.39. The summed E-state index contributed by atoms with van der Waals surface area (Å²) in [6, 6.07) is 2.67. The summed E-state index contributed by atoms with van der Waals surface area (Å²) in [4.78, 5) is 11.2. The van der Waals surface area contributed by atoms with E-state index in [-0.39, 0.29) is 0 Å². The number of anilines is 1. The van der Waals surface area contributed by atoms with E-state index in [2.05, 4.69) is 33.3 Å². The number of aryl methyl sites for hydroxylation is 2. The highest BCUT2D eigenvalue weighted by atomic mass is 15.2. The lowest BCUT2D eigenvalue weighted by Gasteiger charge is -2.28. The van der Waals surface area contributed by atoms with Gasteiger partial charge in [0.05, 0.1) is 0 Å². The zero-order chi connectivity index (χ0) is 12.3. The van der Waals surface area contributed by atoms with Crippen LogP contribution >= 0.6 is 0 Å². The Morgan fingerprint density at radius 2 is 2.06 bits per heavy atom. The Bertz CT molecular complexity index is 349. The molecule has 1 aromatic rings. The quantitative estimate of drug-likeness (QED) is 0.845. The predicted octanol–water partition coefficient (Wildman–Crippen LogP) is 1.67. The summed E-state index contributed by atoms with van der Waals surface area (Å²) < 4.78 is 0. The zero-order valence-corrected chi connectivity index (χ0v) is 11.0. The van der Waals surface area contributed by atoms with Gasteiger partial charge in [-0.05, 0) is 46.2 Å². The van der Waals surface area contributed by atoms with E-state index >= 15 is 0 Å². The summed E-state index contributed by atoms with van der Waals surface area (Å²) in [5.74, 6) is 1.92. The van der Waals surface area contributed by atoms with Gasteiger partial charge >= 0.3 is 0 Å². The topological polar surface area (TPSA) is 41.0 Å². The molecule has 4 nitrogen and oxygen atoms in total. The molecule has 0 bridgehead atoms. The van der Waals surface area contributed by atoms with Crippen molar-refractivity contribution in [1.82, 2.24) is 15.3 Å².